The third-order valence-electron chi connectivity index (χ3n) is 3.61. The maximum atomic E-state index is 12.7. The number of nitrogens with zero attached hydrogens (tertiary/aromatic N) is 1. The summed E-state index contributed by atoms with van der Waals surface area (Å²) in [7, 11) is 0. The lowest BCUT2D eigenvalue weighted by Crippen LogP contribution is -2.30. The number of carbonyl (C=O) groups is 1. The minimum atomic E-state index is 0.127. The van der Waals surface area contributed by atoms with Gasteiger partial charge in [-0.15, -0.1) is 11.8 Å². The number of benzene rings is 2. The normalized spacial score (nSPS) is 18.0. The molecule has 1 unspecified atom stereocenters. The average molecular weight is 409 g/mol. The number of carbonyl (C=O) groups excluding carboxylic acids is 1. The molecule has 1 aliphatic rings. The van der Waals surface area contributed by atoms with Crippen LogP contribution in [0.15, 0.2) is 48.5 Å². The molecule has 0 bridgehead atoms. The first-order valence-corrected chi connectivity index (χ1v) is 9.02. The molecule has 4 heteroatoms. The van der Waals surface area contributed by atoms with Gasteiger partial charge in [-0.05, 0) is 59.3 Å². The molecule has 108 valence electrons. The molecule has 1 aliphatic heterocycles. The van der Waals surface area contributed by atoms with E-state index < -0.39 is 0 Å². The van der Waals surface area contributed by atoms with Crippen molar-refractivity contribution in [3.63, 3.8) is 0 Å². The van der Waals surface area contributed by atoms with E-state index in [0.29, 0.717) is 0 Å². The highest BCUT2D eigenvalue weighted by molar-refractivity contribution is 14.1. The summed E-state index contributed by atoms with van der Waals surface area (Å²) in [5.74, 6) is 1.12. The minimum absolute atomic E-state index is 0.127. The van der Waals surface area contributed by atoms with E-state index in [1.165, 1.54) is 11.1 Å². The van der Waals surface area contributed by atoms with E-state index in [2.05, 4.69) is 53.8 Å². The maximum absolute atomic E-state index is 12.7. The lowest BCUT2D eigenvalue weighted by molar-refractivity contribution is 0.0760. The Morgan fingerprint density at radius 2 is 1.81 bits per heavy atom. The summed E-state index contributed by atoms with van der Waals surface area (Å²) in [5.41, 5.74) is 3.23. The van der Waals surface area contributed by atoms with Gasteiger partial charge in [-0.1, -0.05) is 29.8 Å². The van der Waals surface area contributed by atoms with Crippen LogP contribution < -0.4 is 0 Å². The number of hydrogen-bond acceptors (Lipinski definition) is 2. The second-order valence-electron chi connectivity index (χ2n) is 5.14. The zero-order valence-corrected chi connectivity index (χ0v) is 14.7. The predicted molar refractivity (Wildman–Crippen MR) is 96.6 cm³/mol. The second-order valence-corrected chi connectivity index (χ2v) is 7.57. The zero-order valence-electron chi connectivity index (χ0n) is 11.8. The van der Waals surface area contributed by atoms with E-state index >= 15 is 0 Å². The monoisotopic (exact) mass is 409 g/mol. The van der Waals surface area contributed by atoms with E-state index in [4.69, 9.17) is 0 Å². The van der Waals surface area contributed by atoms with Crippen LogP contribution in [0.5, 0.6) is 0 Å². The lowest BCUT2D eigenvalue weighted by Gasteiger charge is -2.24. The molecule has 1 fully saturated rings. The Kier molecular flexibility index (Phi) is 4.54. The molecule has 2 nitrogen and oxygen atoms in total. The van der Waals surface area contributed by atoms with Crippen molar-refractivity contribution in [1.82, 2.24) is 4.90 Å². The van der Waals surface area contributed by atoms with Crippen molar-refractivity contribution in [2.24, 2.45) is 0 Å². The van der Waals surface area contributed by atoms with Gasteiger partial charge < -0.3 is 4.90 Å². The predicted octanol–water partition coefficient (Wildman–Crippen LogP) is 4.49. The van der Waals surface area contributed by atoms with Crippen LogP contribution in [0.2, 0.25) is 0 Å². The van der Waals surface area contributed by atoms with Crippen LogP contribution in [0, 0.1) is 10.5 Å². The third-order valence-corrected chi connectivity index (χ3v) is 5.59. The van der Waals surface area contributed by atoms with E-state index in [0.717, 1.165) is 21.4 Å². The van der Waals surface area contributed by atoms with Gasteiger partial charge in [0.15, 0.2) is 0 Å². The molecule has 1 amide bonds. The fourth-order valence-electron chi connectivity index (χ4n) is 2.44. The second kappa shape index (κ2) is 6.40. The standard InChI is InChI=1S/C17H16INOS/c1-12-2-4-14(5-3-12)17-19(10-11-21-17)16(20)13-6-8-15(18)9-7-13/h2-9,17H,10-11H2,1H3. The minimum Gasteiger partial charge on any atom is -0.322 e. The van der Waals surface area contributed by atoms with Crippen LogP contribution in [0.25, 0.3) is 0 Å². The van der Waals surface area contributed by atoms with E-state index in [1.54, 1.807) is 0 Å². The highest BCUT2D eigenvalue weighted by Crippen LogP contribution is 2.38. The molecule has 1 heterocycles. The highest BCUT2D eigenvalue weighted by Gasteiger charge is 2.31. The van der Waals surface area contributed by atoms with Crippen LogP contribution >= 0.6 is 34.4 Å². The number of rotatable bonds is 2. The van der Waals surface area contributed by atoms with Gasteiger partial charge in [0, 0.05) is 21.4 Å². The Balaban J connectivity index is 1.85. The van der Waals surface area contributed by atoms with Crippen LogP contribution in [-0.4, -0.2) is 23.1 Å². The summed E-state index contributed by atoms with van der Waals surface area (Å²) in [5, 5.41) is 0.136. The van der Waals surface area contributed by atoms with Crippen molar-refractivity contribution in [3.8, 4) is 0 Å². The van der Waals surface area contributed by atoms with Crippen molar-refractivity contribution < 1.29 is 4.79 Å². The third kappa shape index (κ3) is 3.26. The molecule has 0 aliphatic carbocycles. The van der Waals surface area contributed by atoms with Gasteiger partial charge in [0.2, 0.25) is 0 Å². The Labute approximate surface area is 143 Å². The summed E-state index contributed by atoms with van der Waals surface area (Å²) >= 11 is 4.09. The van der Waals surface area contributed by atoms with Gasteiger partial charge in [-0.3, -0.25) is 4.79 Å². The summed E-state index contributed by atoms with van der Waals surface area (Å²) in [6.45, 7) is 2.90. The van der Waals surface area contributed by atoms with Crippen LogP contribution in [0.4, 0.5) is 0 Å². The first kappa shape index (κ1) is 14.9. The van der Waals surface area contributed by atoms with Crippen molar-refractivity contribution in [1.29, 1.82) is 0 Å². The van der Waals surface area contributed by atoms with E-state index in [9.17, 15) is 4.79 Å². The fraction of sp³-hybridized carbons (Fsp3) is 0.235. The maximum Gasteiger partial charge on any atom is 0.255 e. The molecule has 1 atom stereocenters. The van der Waals surface area contributed by atoms with Crippen LogP contribution in [0.3, 0.4) is 0 Å². The number of hydrogen-bond donors (Lipinski definition) is 0. The summed E-state index contributed by atoms with van der Waals surface area (Å²) in [6.07, 6.45) is 0. The van der Waals surface area contributed by atoms with Crippen LogP contribution in [-0.2, 0) is 0 Å². The van der Waals surface area contributed by atoms with Gasteiger partial charge in [-0.25, -0.2) is 0 Å². The Hall–Kier alpha value is -1.01. The molecule has 1 saturated heterocycles. The molecule has 21 heavy (non-hydrogen) atoms. The number of aryl methyl sites for hydroxylation is 1. The van der Waals surface area contributed by atoms with Crippen LogP contribution in [0.1, 0.15) is 26.9 Å². The molecule has 3 rings (SSSR count). The largest absolute Gasteiger partial charge is 0.322 e. The highest BCUT2D eigenvalue weighted by atomic mass is 127. The quantitative estimate of drug-likeness (QED) is 0.682. The molecule has 2 aromatic carbocycles. The summed E-state index contributed by atoms with van der Waals surface area (Å²) in [4.78, 5) is 14.7. The molecular formula is C17H16INOS. The average Bonchev–Trinajstić information content (AvgIpc) is 2.97. The van der Waals surface area contributed by atoms with Crippen molar-refractivity contribution >= 4 is 40.3 Å². The van der Waals surface area contributed by atoms with E-state index in [-0.39, 0.29) is 11.3 Å². The molecule has 0 N–H and O–H groups in total. The molecule has 0 aromatic heterocycles. The van der Waals surface area contributed by atoms with Crippen molar-refractivity contribution in [2.75, 3.05) is 12.3 Å². The van der Waals surface area contributed by atoms with Crippen molar-refractivity contribution in [3.05, 3.63) is 68.8 Å². The Bertz CT molecular complexity index is 639. The van der Waals surface area contributed by atoms with Gasteiger partial charge in [0.25, 0.3) is 5.91 Å². The van der Waals surface area contributed by atoms with E-state index in [1.807, 2.05) is 40.9 Å². The zero-order chi connectivity index (χ0) is 14.8. The Morgan fingerprint density at radius 3 is 2.48 bits per heavy atom. The first-order chi connectivity index (χ1) is 10.1. The smallest absolute Gasteiger partial charge is 0.255 e. The van der Waals surface area contributed by atoms with Gasteiger partial charge in [-0.2, -0.15) is 0 Å². The number of amides is 1. The first-order valence-electron chi connectivity index (χ1n) is 6.90. The topological polar surface area (TPSA) is 20.3 Å². The lowest BCUT2D eigenvalue weighted by atomic mass is 10.1. The van der Waals surface area contributed by atoms with Gasteiger partial charge in [0.05, 0.1) is 0 Å². The molecule has 0 radical (unpaired) electrons. The number of thioether (sulfide) groups is 1. The molecule has 2 aromatic rings. The van der Waals surface area contributed by atoms with Gasteiger partial charge >= 0.3 is 0 Å². The molecular weight excluding hydrogens is 393 g/mol. The summed E-state index contributed by atoms with van der Waals surface area (Å²) in [6, 6.07) is 16.3. The fourth-order valence-corrected chi connectivity index (χ4v) is 4.06. The van der Waals surface area contributed by atoms with Gasteiger partial charge in [0.1, 0.15) is 5.37 Å². The molecule has 0 saturated carbocycles. The SMILES string of the molecule is Cc1ccc(C2SCCN2C(=O)c2ccc(I)cc2)cc1. The van der Waals surface area contributed by atoms with Crippen molar-refractivity contribution in [2.45, 2.75) is 12.3 Å². The Morgan fingerprint density at radius 1 is 1.14 bits per heavy atom. The molecule has 0 spiro atoms. The number of halogens is 1. The summed E-state index contributed by atoms with van der Waals surface area (Å²) < 4.78 is 1.15.